The summed E-state index contributed by atoms with van der Waals surface area (Å²) < 4.78 is 0. The Morgan fingerprint density at radius 3 is 1.00 bits per heavy atom. The van der Waals surface area contributed by atoms with E-state index in [-0.39, 0.29) is 74.1 Å². The van der Waals surface area contributed by atoms with Crippen LogP contribution in [0.4, 0.5) is 0 Å². The summed E-state index contributed by atoms with van der Waals surface area (Å²) >= 11 is 0. The van der Waals surface area contributed by atoms with Crippen molar-refractivity contribution < 1.29 is 74.1 Å². The van der Waals surface area contributed by atoms with Crippen LogP contribution < -0.4 is 0 Å². The van der Waals surface area contributed by atoms with E-state index >= 15 is 0 Å². The standard InChI is InChI=1S/Fe.Mo.Ni.Zn. The molecule has 0 spiro atoms. The first-order valence-corrected chi connectivity index (χ1v) is 0. The Balaban J connectivity index is 0. The fourth-order valence-corrected chi connectivity index (χ4v) is 0. The minimum absolute atomic E-state index is 0. The van der Waals surface area contributed by atoms with Crippen LogP contribution in [-0.4, -0.2) is 0 Å². The van der Waals surface area contributed by atoms with Crippen LogP contribution in [0.2, 0.25) is 0 Å². The molecule has 0 saturated carbocycles. The molecule has 0 aliphatic carbocycles. The predicted molar refractivity (Wildman–Crippen MR) is 0 cm³/mol. The van der Waals surface area contributed by atoms with E-state index in [1.54, 1.807) is 0 Å². The van der Waals surface area contributed by atoms with Crippen molar-refractivity contribution in [2.45, 2.75) is 0 Å². The molecule has 0 unspecified atom stereocenters. The summed E-state index contributed by atoms with van der Waals surface area (Å²) in [6.07, 6.45) is 0. The Kier molecular flexibility index (Phi) is 153. The first-order valence-electron chi connectivity index (χ1n) is 0. The molecule has 4 heavy (non-hydrogen) atoms. The summed E-state index contributed by atoms with van der Waals surface area (Å²) in [7, 11) is 0. The second-order valence-corrected chi connectivity index (χ2v) is 0. The van der Waals surface area contributed by atoms with Gasteiger partial charge in [0.25, 0.3) is 0 Å². The minimum Gasteiger partial charge on any atom is 0 e. The molecule has 0 bridgehead atoms. The van der Waals surface area contributed by atoms with Gasteiger partial charge in [-0.2, -0.15) is 0 Å². The summed E-state index contributed by atoms with van der Waals surface area (Å²) in [5.41, 5.74) is 0. The van der Waals surface area contributed by atoms with Gasteiger partial charge in [-0.25, -0.2) is 0 Å². The average Bonchev–Trinajstić information content (AvgIpc) is 0. The fourth-order valence-electron chi connectivity index (χ4n) is 0. The van der Waals surface area contributed by atoms with E-state index in [2.05, 4.69) is 0 Å². The third-order valence-electron chi connectivity index (χ3n) is 0. The molecule has 26 valence electrons. The molecule has 0 saturated heterocycles. The summed E-state index contributed by atoms with van der Waals surface area (Å²) in [5.74, 6) is 0. The van der Waals surface area contributed by atoms with E-state index in [1.165, 1.54) is 0 Å². The normalized spacial score (nSPS) is 0. The van der Waals surface area contributed by atoms with Gasteiger partial charge in [-0.05, 0) is 0 Å². The third kappa shape index (κ3) is 8.85. The second kappa shape index (κ2) is 18.4. The summed E-state index contributed by atoms with van der Waals surface area (Å²) in [6.45, 7) is 0. The molecule has 0 amide bonds. The van der Waals surface area contributed by atoms with E-state index < -0.39 is 0 Å². The molecule has 0 aromatic carbocycles. The summed E-state index contributed by atoms with van der Waals surface area (Å²) in [4.78, 5) is 0. The Morgan fingerprint density at radius 2 is 1.00 bits per heavy atom. The van der Waals surface area contributed by atoms with Crippen LogP contribution in [0.5, 0.6) is 0 Å². The van der Waals surface area contributed by atoms with Crippen molar-refractivity contribution in [1.29, 1.82) is 0 Å². The van der Waals surface area contributed by atoms with Crippen LogP contribution in [0, 0.1) is 0 Å². The van der Waals surface area contributed by atoms with E-state index in [4.69, 9.17) is 0 Å². The molecule has 0 N–H and O–H groups in total. The van der Waals surface area contributed by atoms with E-state index in [0.29, 0.717) is 0 Å². The summed E-state index contributed by atoms with van der Waals surface area (Å²) in [5, 5.41) is 0. The van der Waals surface area contributed by atoms with Crippen LogP contribution in [0.3, 0.4) is 0 Å². The molecular weight excluding hydrogens is 276 g/mol. The molecule has 0 nitrogen and oxygen atoms in total. The van der Waals surface area contributed by atoms with Gasteiger partial charge in [-0.3, -0.25) is 0 Å². The van der Waals surface area contributed by atoms with Crippen molar-refractivity contribution in [1.82, 2.24) is 0 Å². The van der Waals surface area contributed by atoms with Crippen molar-refractivity contribution in [2.75, 3.05) is 0 Å². The summed E-state index contributed by atoms with van der Waals surface area (Å²) in [6, 6.07) is 0. The van der Waals surface area contributed by atoms with Gasteiger partial charge in [0.1, 0.15) is 0 Å². The van der Waals surface area contributed by atoms with Crippen molar-refractivity contribution >= 4 is 0 Å². The monoisotopic (exact) mass is 276 g/mol. The zero-order valence-corrected chi connectivity index (χ0v) is 8.85. The van der Waals surface area contributed by atoms with Crippen LogP contribution >= 0.6 is 0 Å². The maximum Gasteiger partial charge on any atom is 0 e. The van der Waals surface area contributed by atoms with Gasteiger partial charge in [-0.1, -0.05) is 0 Å². The van der Waals surface area contributed by atoms with Gasteiger partial charge in [0, 0.05) is 74.1 Å². The molecule has 0 aliphatic rings. The van der Waals surface area contributed by atoms with Crippen molar-refractivity contribution in [3.8, 4) is 0 Å². The van der Waals surface area contributed by atoms with Crippen LogP contribution in [0.25, 0.3) is 0 Å². The molecular formula is FeMoNiZn. The largest absolute Gasteiger partial charge is 0 e. The maximum atomic E-state index is 0. The Hall–Kier alpha value is 2.32. The maximum absolute atomic E-state index is 0. The van der Waals surface area contributed by atoms with Gasteiger partial charge in [0.2, 0.25) is 0 Å². The minimum atomic E-state index is 0. The number of hydrogen-bond donors (Lipinski definition) is 0. The van der Waals surface area contributed by atoms with Gasteiger partial charge in [-0.15, -0.1) is 0 Å². The molecule has 4 heteroatoms. The third-order valence-corrected chi connectivity index (χ3v) is 0. The molecule has 0 atom stereocenters. The molecule has 0 radical (unpaired) electrons. The smallest absolute Gasteiger partial charge is 0 e. The van der Waals surface area contributed by atoms with Gasteiger partial charge < -0.3 is 0 Å². The van der Waals surface area contributed by atoms with Crippen molar-refractivity contribution in [3.63, 3.8) is 0 Å². The fraction of sp³-hybridized carbons (Fsp3) is 0. The Bertz CT molecular complexity index is 8.00. The zero-order chi connectivity index (χ0) is 0. The van der Waals surface area contributed by atoms with E-state index in [1.807, 2.05) is 0 Å². The Labute approximate surface area is 73.3 Å². The van der Waals surface area contributed by atoms with Crippen LogP contribution in [-0.2, 0) is 74.1 Å². The zero-order valence-electron chi connectivity index (χ0n) is 1.79. The van der Waals surface area contributed by atoms with Crippen LogP contribution in [0.1, 0.15) is 0 Å². The topological polar surface area (TPSA) is 0 Å². The first-order chi connectivity index (χ1) is 0. The van der Waals surface area contributed by atoms with E-state index in [9.17, 15) is 0 Å². The molecule has 0 heterocycles. The molecule has 0 rings (SSSR count). The van der Waals surface area contributed by atoms with Crippen molar-refractivity contribution in [3.05, 3.63) is 0 Å². The average molecular weight is 276 g/mol. The molecule has 0 aromatic rings. The first kappa shape index (κ1) is 33.2. The van der Waals surface area contributed by atoms with Gasteiger partial charge in [0.05, 0.1) is 0 Å². The quantitative estimate of drug-likeness (QED) is 0.546. The Morgan fingerprint density at radius 1 is 1.00 bits per heavy atom. The predicted octanol–water partition coefficient (Wildman–Crippen LogP) is -0.0100. The SMILES string of the molecule is [Fe].[Mo].[Ni].[Zn]. The second-order valence-electron chi connectivity index (χ2n) is 0. The van der Waals surface area contributed by atoms with E-state index in [0.717, 1.165) is 0 Å². The van der Waals surface area contributed by atoms with Crippen LogP contribution in [0.15, 0.2) is 0 Å². The molecule has 0 aromatic heterocycles. The molecule has 0 fully saturated rings. The molecule has 0 aliphatic heterocycles. The number of hydrogen-bond acceptors (Lipinski definition) is 0. The van der Waals surface area contributed by atoms with Gasteiger partial charge in [0.15, 0.2) is 0 Å². The van der Waals surface area contributed by atoms with Crippen molar-refractivity contribution in [2.24, 2.45) is 0 Å². The van der Waals surface area contributed by atoms with Gasteiger partial charge >= 0.3 is 0 Å². The number of rotatable bonds is 0.